The van der Waals surface area contributed by atoms with Gasteiger partial charge in [-0.1, -0.05) is 0 Å². The SMILES string of the molecule is Cl.NCCCC(=O)NC(N)=O. The largest absolute Gasteiger partial charge is 0.351 e. The molecule has 0 heterocycles. The average molecular weight is 182 g/mol. The van der Waals surface area contributed by atoms with Crippen LogP contribution in [-0.2, 0) is 4.79 Å². The fraction of sp³-hybridized carbons (Fsp3) is 0.600. The normalized spacial score (nSPS) is 8.09. The first-order chi connectivity index (χ1) is 4.66. The molecule has 0 aromatic heterocycles. The molecule has 0 aliphatic heterocycles. The van der Waals surface area contributed by atoms with Gasteiger partial charge in [0.05, 0.1) is 0 Å². The van der Waals surface area contributed by atoms with Crippen molar-refractivity contribution in [1.29, 1.82) is 0 Å². The number of nitrogens with two attached hydrogens (primary N) is 2. The lowest BCUT2D eigenvalue weighted by Crippen LogP contribution is -2.34. The molecule has 66 valence electrons. The topological polar surface area (TPSA) is 98.2 Å². The summed E-state index contributed by atoms with van der Waals surface area (Å²) in [7, 11) is 0. The molecule has 0 radical (unpaired) electrons. The van der Waals surface area contributed by atoms with Crippen molar-refractivity contribution in [3.8, 4) is 0 Å². The molecule has 0 atom stereocenters. The van der Waals surface area contributed by atoms with Crippen LogP contribution in [0.3, 0.4) is 0 Å². The summed E-state index contributed by atoms with van der Waals surface area (Å²) in [5.74, 6) is -0.377. The number of halogens is 1. The van der Waals surface area contributed by atoms with E-state index in [1.165, 1.54) is 0 Å². The van der Waals surface area contributed by atoms with Crippen LogP contribution in [0.1, 0.15) is 12.8 Å². The van der Waals surface area contributed by atoms with E-state index in [9.17, 15) is 9.59 Å². The van der Waals surface area contributed by atoms with E-state index in [2.05, 4.69) is 5.73 Å². The monoisotopic (exact) mass is 181 g/mol. The molecule has 0 rings (SSSR count). The second-order valence-electron chi connectivity index (χ2n) is 1.80. The van der Waals surface area contributed by atoms with Crippen molar-refractivity contribution < 1.29 is 9.59 Å². The van der Waals surface area contributed by atoms with E-state index in [-0.39, 0.29) is 24.7 Å². The predicted octanol–water partition coefficient (Wildman–Crippen LogP) is -0.658. The molecule has 5 N–H and O–H groups in total. The van der Waals surface area contributed by atoms with Gasteiger partial charge in [0.25, 0.3) is 0 Å². The number of carbonyl (C=O) groups excluding carboxylic acids is 2. The van der Waals surface area contributed by atoms with Gasteiger partial charge in [-0.25, -0.2) is 4.79 Å². The summed E-state index contributed by atoms with van der Waals surface area (Å²) in [4.78, 5) is 20.6. The third kappa shape index (κ3) is 9.19. The number of amides is 3. The van der Waals surface area contributed by atoms with Gasteiger partial charge in [0.2, 0.25) is 5.91 Å². The Morgan fingerprint density at radius 1 is 1.36 bits per heavy atom. The number of primary amides is 1. The number of carbonyl (C=O) groups is 2. The van der Waals surface area contributed by atoms with Crippen LogP contribution in [0.5, 0.6) is 0 Å². The second kappa shape index (κ2) is 7.30. The molecule has 0 aliphatic carbocycles. The zero-order valence-electron chi connectivity index (χ0n) is 6.00. The Balaban J connectivity index is 0. The highest BCUT2D eigenvalue weighted by Gasteiger charge is 2.01. The molecule has 5 nitrogen and oxygen atoms in total. The van der Waals surface area contributed by atoms with Gasteiger partial charge in [-0.15, -0.1) is 12.4 Å². The van der Waals surface area contributed by atoms with Crippen LogP contribution in [0.2, 0.25) is 0 Å². The van der Waals surface area contributed by atoms with Crippen molar-refractivity contribution in [2.45, 2.75) is 12.8 Å². The van der Waals surface area contributed by atoms with Gasteiger partial charge in [0, 0.05) is 6.42 Å². The molecule has 0 saturated heterocycles. The fourth-order valence-electron chi connectivity index (χ4n) is 0.463. The van der Waals surface area contributed by atoms with E-state index in [4.69, 9.17) is 5.73 Å². The highest BCUT2D eigenvalue weighted by molar-refractivity contribution is 5.93. The van der Waals surface area contributed by atoms with Gasteiger partial charge in [-0.05, 0) is 13.0 Å². The van der Waals surface area contributed by atoms with E-state index >= 15 is 0 Å². The van der Waals surface area contributed by atoms with Crippen LogP contribution in [0.25, 0.3) is 0 Å². The first-order valence-electron chi connectivity index (χ1n) is 2.96. The Morgan fingerprint density at radius 3 is 2.27 bits per heavy atom. The summed E-state index contributed by atoms with van der Waals surface area (Å²) >= 11 is 0. The molecule has 0 aromatic carbocycles. The summed E-state index contributed by atoms with van der Waals surface area (Å²) in [6.45, 7) is 0.437. The highest BCUT2D eigenvalue weighted by Crippen LogP contribution is 1.83. The molecule has 6 heteroatoms. The maximum absolute atomic E-state index is 10.5. The molecular weight excluding hydrogens is 170 g/mol. The van der Waals surface area contributed by atoms with E-state index < -0.39 is 6.03 Å². The lowest BCUT2D eigenvalue weighted by atomic mass is 10.3. The lowest BCUT2D eigenvalue weighted by Gasteiger charge is -1.97. The highest BCUT2D eigenvalue weighted by atomic mass is 35.5. The average Bonchev–Trinajstić information content (AvgIpc) is 1.82. The van der Waals surface area contributed by atoms with Crippen LogP contribution in [-0.4, -0.2) is 18.5 Å². The van der Waals surface area contributed by atoms with E-state index in [0.717, 1.165) is 0 Å². The van der Waals surface area contributed by atoms with Crippen molar-refractivity contribution in [3.05, 3.63) is 0 Å². The van der Waals surface area contributed by atoms with Gasteiger partial charge in [0.1, 0.15) is 0 Å². The van der Waals surface area contributed by atoms with Gasteiger partial charge in [-0.2, -0.15) is 0 Å². The summed E-state index contributed by atoms with van der Waals surface area (Å²) in [6, 6.07) is -0.818. The number of hydrogen-bond acceptors (Lipinski definition) is 3. The Hall–Kier alpha value is -0.810. The smallest absolute Gasteiger partial charge is 0.318 e. The van der Waals surface area contributed by atoms with Crippen LogP contribution in [0.15, 0.2) is 0 Å². The zero-order valence-corrected chi connectivity index (χ0v) is 6.82. The number of rotatable bonds is 3. The van der Waals surface area contributed by atoms with Gasteiger partial charge >= 0.3 is 6.03 Å². The maximum atomic E-state index is 10.5. The van der Waals surface area contributed by atoms with E-state index in [1.807, 2.05) is 5.32 Å². The predicted molar refractivity (Wildman–Crippen MR) is 43.3 cm³/mol. The van der Waals surface area contributed by atoms with Crippen LogP contribution in [0, 0.1) is 0 Å². The molecular formula is C5H12ClN3O2. The maximum Gasteiger partial charge on any atom is 0.318 e. The number of hydrogen-bond donors (Lipinski definition) is 3. The standard InChI is InChI=1S/C5H11N3O2.ClH/c6-3-1-2-4(9)8-5(7)10;/h1-3,6H2,(H3,7,8,9,10);1H. The number of imide groups is 1. The molecule has 0 aliphatic rings. The number of nitrogens with one attached hydrogen (secondary N) is 1. The van der Waals surface area contributed by atoms with Crippen molar-refractivity contribution >= 4 is 24.3 Å². The molecule has 0 unspecified atom stereocenters. The minimum Gasteiger partial charge on any atom is -0.351 e. The van der Waals surface area contributed by atoms with Crippen molar-refractivity contribution in [3.63, 3.8) is 0 Å². The molecule has 0 aromatic rings. The van der Waals surface area contributed by atoms with Crippen molar-refractivity contribution in [2.75, 3.05) is 6.54 Å². The molecule has 11 heavy (non-hydrogen) atoms. The van der Waals surface area contributed by atoms with Crippen molar-refractivity contribution in [1.82, 2.24) is 5.32 Å². The molecule has 0 spiro atoms. The van der Waals surface area contributed by atoms with Crippen LogP contribution < -0.4 is 16.8 Å². The minimum absolute atomic E-state index is 0. The molecule has 0 bridgehead atoms. The summed E-state index contributed by atoms with van der Waals surface area (Å²) in [6.07, 6.45) is 0.818. The third-order valence-corrected chi connectivity index (χ3v) is 0.871. The number of urea groups is 1. The summed E-state index contributed by atoms with van der Waals surface area (Å²) in [5, 5.41) is 1.92. The Kier molecular flexibility index (Phi) is 8.51. The van der Waals surface area contributed by atoms with Gasteiger partial charge in [0.15, 0.2) is 0 Å². The Morgan fingerprint density at radius 2 is 1.91 bits per heavy atom. The second-order valence-corrected chi connectivity index (χ2v) is 1.80. The van der Waals surface area contributed by atoms with E-state index in [1.54, 1.807) is 0 Å². The fourth-order valence-corrected chi connectivity index (χ4v) is 0.463. The Labute approximate surface area is 70.9 Å². The zero-order chi connectivity index (χ0) is 7.98. The summed E-state index contributed by atoms with van der Waals surface area (Å²) in [5.41, 5.74) is 9.77. The molecule has 0 saturated carbocycles. The molecule has 3 amide bonds. The summed E-state index contributed by atoms with van der Waals surface area (Å²) < 4.78 is 0. The first kappa shape index (κ1) is 12.8. The van der Waals surface area contributed by atoms with Crippen LogP contribution in [0.4, 0.5) is 4.79 Å². The Bertz CT molecular complexity index is 140. The molecule has 0 fully saturated rings. The van der Waals surface area contributed by atoms with E-state index in [0.29, 0.717) is 13.0 Å². The minimum atomic E-state index is -0.818. The first-order valence-corrected chi connectivity index (χ1v) is 2.96. The third-order valence-electron chi connectivity index (χ3n) is 0.871. The van der Waals surface area contributed by atoms with Gasteiger partial charge < -0.3 is 11.5 Å². The van der Waals surface area contributed by atoms with Crippen LogP contribution >= 0.6 is 12.4 Å². The van der Waals surface area contributed by atoms with Gasteiger partial charge in [-0.3, -0.25) is 10.1 Å². The quantitative estimate of drug-likeness (QED) is 0.539. The lowest BCUT2D eigenvalue weighted by molar-refractivity contribution is -0.120. The van der Waals surface area contributed by atoms with Crippen molar-refractivity contribution in [2.24, 2.45) is 11.5 Å².